The summed E-state index contributed by atoms with van der Waals surface area (Å²) >= 11 is 3.51. The van der Waals surface area contributed by atoms with Crippen LogP contribution in [0, 0.1) is 0 Å². The van der Waals surface area contributed by atoms with E-state index in [0.717, 1.165) is 16.5 Å². The first-order valence-corrected chi connectivity index (χ1v) is 8.33. The molecule has 0 radical (unpaired) electrons. The SMILES string of the molecule is Brc1ccc2c(NCC3CN4CCN3CC4)ccnc2c1. The molecule has 21 heavy (non-hydrogen) atoms. The smallest absolute Gasteiger partial charge is 0.0733 e. The van der Waals surface area contributed by atoms with Crippen molar-refractivity contribution in [2.24, 2.45) is 0 Å². The van der Waals surface area contributed by atoms with Crippen LogP contribution in [0.5, 0.6) is 0 Å². The molecule has 1 aromatic heterocycles. The van der Waals surface area contributed by atoms with Gasteiger partial charge in [0.1, 0.15) is 0 Å². The minimum Gasteiger partial charge on any atom is -0.383 e. The molecule has 2 aromatic rings. The van der Waals surface area contributed by atoms with Gasteiger partial charge in [0.2, 0.25) is 0 Å². The largest absolute Gasteiger partial charge is 0.383 e. The van der Waals surface area contributed by atoms with Gasteiger partial charge in [0.25, 0.3) is 0 Å². The Kier molecular flexibility index (Phi) is 3.57. The van der Waals surface area contributed by atoms with Crippen LogP contribution < -0.4 is 5.32 Å². The lowest BCUT2D eigenvalue weighted by Gasteiger charge is -2.47. The number of hydrogen-bond donors (Lipinski definition) is 1. The van der Waals surface area contributed by atoms with Crippen molar-refractivity contribution in [3.05, 3.63) is 34.9 Å². The summed E-state index contributed by atoms with van der Waals surface area (Å²) in [6.45, 7) is 7.12. The fourth-order valence-electron chi connectivity index (χ4n) is 3.42. The van der Waals surface area contributed by atoms with E-state index in [1.807, 2.05) is 6.20 Å². The summed E-state index contributed by atoms with van der Waals surface area (Å²) in [4.78, 5) is 9.64. The molecule has 5 heteroatoms. The average Bonchev–Trinajstić information content (AvgIpc) is 2.53. The Hall–Kier alpha value is -1.17. The van der Waals surface area contributed by atoms with E-state index in [1.165, 1.54) is 43.8 Å². The summed E-state index contributed by atoms with van der Waals surface area (Å²) in [6, 6.07) is 8.98. The molecule has 0 saturated carbocycles. The van der Waals surface area contributed by atoms with Crippen molar-refractivity contribution in [3.63, 3.8) is 0 Å². The number of benzene rings is 1. The maximum absolute atomic E-state index is 4.45. The van der Waals surface area contributed by atoms with Gasteiger partial charge >= 0.3 is 0 Å². The Morgan fingerprint density at radius 2 is 2.05 bits per heavy atom. The number of nitrogens with one attached hydrogen (secondary N) is 1. The third kappa shape index (κ3) is 2.65. The van der Waals surface area contributed by atoms with Crippen molar-refractivity contribution in [2.75, 3.05) is 44.6 Å². The van der Waals surface area contributed by atoms with Gasteiger partial charge in [-0.2, -0.15) is 0 Å². The van der Waals surface area contributed by atoms with Gasteiger partial charge in [0.15, 0.2) is 0 Å². The van der Waals surface area contributed by atoms with Gasteiger partial charge in [-0.3, -0.25) is 14.8 Å². The molecular formula is C16H19BrN4. The standard InChI is InChI=1S/C16H19BrN4/c17-12-1-2-14-15(3-4-18-16(14)9-12)19-10-13-11-20-5-7-21(13)8-6-20/h1-4,9,13H,5-8,10-11H2,(H,18,19). The molecule has 3 aliphatic rings. The molecule has 1 atom stereocenters. The number of nitrogens with zero attached hydrogens (tertiary/aromatic N) is 3. The molecule has 1 aromatic carbocycles. The van der Waals surface area contributed by atoms with Gasteiger partial charge in [-0.25, -0.2) is 0 Å². The summed E-state index contributed by atoms with van der Waals surface area (Å²) in [6.07, 6.45) is 1.88. The fraction of sp³-hybridized carbons (Fsp3) is 0.438. The van der Waals surface area contributed by atoms with Crippen molar-refractivity contribution in [1.29, 1.82) is 0 Å². The highest BCUT2D eigenvalue weighted by atomic mass is 79.9. The number of fused-ring (bicyclic) bond motifs is 4. The Balaban J connectivity index is 1.52. The second-order valence-corrected chi connectivity index (χ2v) is 6.81. The van der Waals surface area contributed by atoms with Gasteiger partial charge in [0.05, 0.1) is 5.52 Å². The number of aromatic nitrogens is 1. The number of halogens is 1. The lowest BCUT2D eigenvalue weighted by atomic mass is 10.1. The topological polar surface area (TPSA) is 31.4 Å². The number of piperazine rings is 3. The quantitative estimate of drug-likeness (QED) is 0.924. The summed E-state index contributed by atoms with van der Waals surface area (Å²) in [7, 11) is 0. The van der Waals surface area contributed by atoms with E-state index < -0.39 is 0 Å². The maximum Gasteiger partial charge on any atom is 0.0733 e. The molecule has 1 unspecified atom stereocenters. The van der Waals surface area contributed by atoms with Gasteiger partial charge in [-0.1, -0.05) is 15.9 Å². The maximum atomic E-state index is 4.45. The lowest BCUT2D eigenvalue weighted by molar-refractivity contribution is 0.0189. The van der Waals surface area contributed by atoms with Crippen LogP contribution in [0.1, 0.15) is 0 Å². The molecule has 3 aliphatic heterocycles. The van der Waals surface area contributed by atoms with E-state index in [9.17, 15) is 0 Å². The minimum atomic E-state index is 0.631. The molecule has 5 rings (SSSR count). The summed E-state index contributed by atoms with van der Waals surface area (Å²) in [5.74, 6) is 0. The Morgan fingerprint density at radius 1 is 1.19 bits per heavy atom. The highest BCUT2D eigenvalue weighted by Crippen LogP contribution is 2.25. The first kappa shape index (κ1) is 13.5. The highest BCUT2D eigenvalue weighted by molar-refractivity contribution is 9.10. The van der Waals surface area contributed by atoms with E-state index in [4.69, 9.17) is 0 Å². The molecular weight excluding hydrogens is 328 g/mol. The Bertz CT molecular complexity index is 652. The van der Waals surface area contributed by atoms with Crippen LogP contribution in [0.2, 0.25) is 0 Å². The zero-order chi connectivity index (χ0) is 14.2. The predicted octanol–water partition coefficient (Wildman–Crippen LogP) is 2.41. The fourth-order valence-corrected chi connectivity index (χ4v) is 3.77. The number of anilines is 1. The molecule has 0 aliphatic carbocycles. The third-order valence-electron chi connectivity index (χ3n) is 4.63. The molecule has 110 valence electrons. The lowest BCUT2D eigenvalue weighted by Crippen LogP contribution is -2.62. The highest BCUT2D eigenvalue weighted by Gasteiger charge is 2.31. The van der Waals surface area contributed by atoms with Crippen LogP contribution in [0.15, 0.2) is 34.9 Å². The zero-order valence-electron chi connectivity index (χ0n) is 11.9. The van der Waals surface area contributed by atoms with E-state index in [0.29, 0.717) is 6.04 Å². The first-order valence-electron chi connectivity index (χ1n) is 7.54. The van der Waals surface area contributed by atoms with E-state index in [1.54, 1.807) is 0 Å². The summed E-state index contributed by atoms with van der Waals surface area (Å²) in [5, 5.41) is 4.83. The predicted molar refractivity (Wildman–Crippen MR) is 89.7 cm³/mol. The van der Waals surface area contributed by atoms with Gasteiger partial charge < -0.3 is 5.32 Å². The molecule has 0 amide bonds. The zero-order valence-corrected chi connectivity index (χ0v) is 13.5. The molecule has 0 spiro atoms. The minimum absolute atomic E-state index is 0.631. The molecule has 4 nitrogen and oxygen atoms in total. The Labute approximate surface area is 133 Å². The van der Waals surface area contributed by atoms with Crippen LogP contribution >= 0.6 is 15.9 Å². The second-order valence-electron chi connectivity index (χ2n) is 5.89. The first-order chi connectivity index (χ1) is 10.3. The van der Waals surface area contributed by atoms with Crippen molar-refractivity contribution < 1.29 is 0 Å². The summed E-state index contributed by atoms with van der Waals surface area (Å²) in [5.41, 5.74) is 2.22. The third-order valence-corrected chi connectivity index (χ3v) is 5.12. The molecule has 4 heterocycles. The van der Waals surface area contributed by atoms with Crippen LogP contribution in [-0.4, -0.2) is 60.1 Å². The molecule has 1 N–H and O–H groups in total. The number of pyridine rings is 1. The van der Waals surface area contributed by atoms with E-state index in [2.05, 4.69) is 60.3 Å². The Morgan fingerprint density at radius 3 is 2.81 bits per heavy atom. The van der Waals surface area contributed by atoms with Gasteiger partial charge in [-0.15, -0.1) is 0 Å². The van der Waals surface area contributed by atoms with Crippen molar-refractivity contribution in [2.45, 2.75) is 6.04 Å². The van der Waals surface area contributed by atoms with Gasteiger partial charge in [-0.05, 0) is 24.3 Å². The van der Waals surface area contributed by atoms with Crippen LogP contribution in [0.25, 0.3) is 10.9 Å². The number of rotatable bonds is 3. The average molecular weight is 347 g/mol. The van der Waals surface area contributed by atoms with Crippen LogP contribution in [0.4, 0.5) is 5.69 Å². The van der Waals surface area contributed by atoms with E-state index in [-0.39, 0.29) is 0 Å². The van der Waals surface area contributed by atoms with Crippen molar-refractivity contribution in [1.82, 2.24) is 14.8 Å². The normalized spacial score (nSPS) is 28.0. The summed E-state index contributed by atoms with van der Waals surface area (Å²) < 4.78 is 1.07. The van der Waals surface area contributed by atoms with Crippen molar-refractivity contribution in [3.8, 4) is 0 Å². The van der Waals surface area contributed by atoms with Gasteiger partial charge in [0, 0.05) is 67.1 Å². The van der Waals surface area contributed by atoms with Crippen LogP contribution in [-0.2, 0) is 0 Å². The van der Waals surface area contributed by atoms with E-state index >= 15 is 0 Å². The van der Waals surface area contributed by atoms with Crippen molar-refractivity contribution >= 4 is 32.5 Å². The molecule has 3 fully saturated rings. The second kappa shape index (κ2) is 5.55. The monoisotopic (exact) mass is 346 g/mol. The molecule has 3 saturated heterocycles. The molecule has 2 bridgehead atoms. The van der Waals surface area contributed by atoms with Crippen LogP contribution in [0.3, 0.4) is 0 Å². The number of hydrogen-bond acceptors (Lipinski definition) is 4.